The smallest absolute Gasteiger partial charge is 0.416 e. The van der Waals surface area contributed by atoms with Crippen LogP contribution in [-0.4, -0.2) is 61.7 Å². The van der Waals surface area contributed by atoms with Crippen LogP contribution in [-0.2, 0) is 22.2 Å². The van der Waals surface area contributed by atoms with Crippen LogP contribution in [0, 0.1) is 19.8 Å². The molecule has 1 aromatic carbocycles. The fourth-order valence-corrected chi connectivity index (χ4v) is 5.70. The second kappa shape index (κ2) is 13.9. The van der Waals surface area contributed by atoms with Crippen molar-refractivity contribution in [2.24, 2.45) is 5.92 Å². The van der Waals surface area contributed by atoms with Crippen molar-refractivity contribution >= 4 is 17.5 Å². The molecule has 0 saturated carbocycles. The second-order valence-electron chi connectivity index (χ2n) is 12.3. The number of likely N-dealkylation sites (N-methyl/N-ethyl adjacent to an activating group) is 1. The lowest BCUT2D eigenvalue weighted by Crippen LogP contribution is -2.40. The van der Waals surface area contributed by atoms with Gasteiger partial charge in [0.2, 0.25) is 5.91 Å². The number of fused-ring (bicyclic) bond motifs is 1. The van der Waals surface area contributed by atoms with Crippen molar-refractivity contribution in [3.8, 4) is 11.1 Å². The number of carbonyl (C=O) groups is 2. The van der Waals surface area contributed by atoms with E-state index in [1.807, 2.05) is 45.9 Å². The summed E-state index contributed by atoms with van der Waals surface area (Å²) in [5, 5.41) is 20.9. The predicted octanol–water partition coefficient (Wildman–Crippen LogP) is 5.22. The van der Waals surface area contributed by atoms with E-state index < -0.39 is 47.7 Å². The fraction of sp³-hybridized carbons (Fsp3) is 0.424. The minimum atomic E-state index is -4.75. The van der Waals surface area contributed by atoms with Crippen molar-refractivity contribution in [1.29, 1.82) is 0 Å². The summed E-state index contributed by atoms with van der Waals surface area (Å²) in [6.07, 6.45) is -0.875. The standard InChI is InChI=1S/C33H39F3N6O4/c1-19(2)12-27(42-17-22(10-11-40(5)6)25(14-28(42)43)33(34,35)36)32(46)38-26(15-29(44)45)23-13-24(31-39-37-18-41(31)16-23)30-20(3)8-7-9-21(30)4/h7-9,13-14,16-19,26-27H,10-12,15H2,1-6H3,(H,38,46)(H,44,45)/t26-,27-/m1/s1. The number of nitrogens with one attached hydrogen (secondary N) is 1. The third-order valence-corrected chi connectivity index (χ3v) is 7.89. The molecule has 0 radical (unpaired) electrons. The summed E-state index contributed by atoms with van der Waals surface area (Å²) in [6, 6.07) is 5.89. The fourth-order valence-electron chi connectivity index (χ4n) is 5.70. The van der Waals surface area contributed by atoms with Crippen LogP contribution in [0.2, 0.25) is 0 Å². The normalized spacial score (nSPS) is 13.4. The molecule has 46 heavy (non-hydrogen) atoms. The van der Waals surface area contributed by atoms with Gasteiger partial charge >= 0.3 is 12.1 Å². The molecule has 3 heterocycles. The Morgan fingerprint density at radius 2 is 1.76 bits per heavy atom. The van der Waals surface area contributed by atoms with Gasteiger partial charge in [0.05, 0.1) is 18.0 Å². The minimum absolute atomic E-state index is 0.000167. The Balaban J connectivity index is 1.81. The van der Waals surface area contributed by atoms with Crippen LogP contribution in [0.15, 0.2) is 53.8 Å². The summed E-state index contributed by atoms with van der Waals surface area (Å²) >= 11 is 0. The number of carboxylic acids is 1. The maximum atomic E-state index is 14.0. The molecule has 2 N–H and O–H groups in total. The van der Waals surface area contributed by atoms with Crippen LogP contribution < -0.4 is 10.9 Å². The van der Waals surface area contributed by atoms with Gasteiger partial charge in [-0.05, 0) is 80.6 Å². The number of aliphatic carboxylic acids is 1. The molecule has 0 aliphatic heterocycles. The van der Waals surface area contributed by atoms with E-state index in [0.29, 0.717) is 22.8 Å². The number of rotatable bonds is 12. The molecule has 2 atom stereocenters. The summed E-state index contributed by atoms with van der Waals surface area (Å²) in [7, 11) is 3.45. The van der Waals surface area contributed by atoms with E-state index in [4.69, 9.17) is 0 Å². The highest BCUT2D eigenvalue weighted by Gasteiger charge is 2.36. The molecule has 0 aliphatic rings. The number of hydrogen-bond donors (Lipinski definition) is 2. The molecule has 0 fully saturated rings. The summed E-state index contributed by atoms with van der Waals surface area (Å²) in [5.74, 6) is -1.99. The number of pyridine rings is 2. The molecule has 0 unspecified atom stereocenters. The zero-order valence-electron chi connectivity index (χ0n) is 26.7. The van der Waals surface area contributed by atoms with Crippen molar-refractivity contribution in [2.45, 2.75) is 65.2 Å². The van der Waals surface area contributed by atoms with Crippen molar-refractivity contribution in [3.63, 3.8) is 0 Å². The molecule has 0 spiro atoms. The van der Waals surface area contributed by atoms with Gasteiger partial charge in [-0.2, -0.15) is 13.2 Å². The topological polar surface area (TPSA) is 122 Å². The van der Waals surface area contributed by atoms with Crippen molar-refractivity contribution in [2.75, 3.05) is 20.6 Å². The third kappa shape index (κ3) is 7.82. The molecule has 0 saturated heterocycles. The summed E-state index contributed by atoms with van der Waals surface area (Å²) in [6.45, 7) is 7.84. The van der Waals surface area contributed by atoms with Crippen molar-refractivity contribution in [3.05, 3.63) is 87.2 Å². The number of carbonyl (C=O) groups excluding carboxylic acids is 1. The SMILES string of the molecule is Cc1cccc(C)c1-c1cc([C@@H](CC(=O)O)NC(=O)[C@@H](CC(C)C)n2cc(CCN(C)C)c(C(F)(F)F)cc2=O)cn2cnnc12. The van der Waals surface area contributed by atoms with E-state index in [1.54, 1.807) is 35.7 Å². The third-order valence-electron chi connectivity index (χ3n) is 7.89. The van der Waals surface area contributed by atoms with Gasteiger partial charge < -0.3 is 19.9 Å². The van der Waals surface area contributed by atoms with E-state index in [9.17, 15) is 32.7 Å². The average molecular weight is 641 g/mol. The molecular weight excluding hydrogens is 601 g/mol. The largest absolute Gasteiger partial charge is 0.481 e. The number of amides is 1. The lowest BCUT2D eigenvalue weighted by Gasteiger charge is -2.26. The Labute approximate surface area is 264 Å². The minimum Gasteiger partial charge on any atom is -0.481 e. The number of halogens is 3. The highest BCUT2D eigenvalue weighted by molar-refractivity contribution is 5.84. The Kier molecular flexibility index (Phi) is 10.3. The quantitative estimate of drug-likeness (QED) is 0.218. The molecular formula is C33H39F3N6O4. The highest BCUT2D eigenvalue weighted by Crippen LogP contribution is 2.34. The van der Waals surface area contributed by atoms with Gasteiger partial charge in [-0.1, -0.05) is 32.0 Å². The Morgan fingerprint density at radius 1 is 1.09 bits per heavy atom. The number of alkyl halides is 3. The maximum absolute atomic E-state index is 14.0. The van der Waals surface area contributed by atoms with Crippen molar-refractivity contribution < 1.29 is 27.9 Å². The first-order chi connectivity index (χ1) is 21.6. The maximum Gasteiger partial charge on any atom is 0.416 e. The summed E-state index contributed by atoms with van der Waals surface area (Å²) in [5.41, 5.74) is 2.38. The molecule has 4 rings (SSSR count). The van der Waals surface area contributed by atoms with E-state index in [2.05, 4.69) is 15.5 Å². The Bertz CT molecular complexity index is 1770. The Morgan fingerprint density at radius 3 is 2.35 bits per heavy atom. The van der Waals surface area contributed by atoms with Gasteiger partial charge in [-0.25, -0.2) is 0 Å². The molecule has 13 heteroatoms. The lowest BCUT2D eigenvalue weighted by molar-refractivity contribution is -0.139. The molecule has 0 bridgehead atoms. The first-order valence-electron chi connectivity index (χ1n) is 15.0. The van der Waals surface area contributed by atoms with Gasteiger partial charge in [0.1, 0.15) is 12.4 Å². The number of aromatic nitrogens is 4. The van der Waals surface area contributed by atoms with Crippen LogP contribution in [0.25, 0.3) is 16.8 Å². The molecule has 1 amide bonds. The molecule has 10 nitrogen and oxygen atoms in total. The highest BCUT2D eigenvalue weighted by atomic mass is 19.4. The number of carboxylic acid groups (broad SMARTS) is 1. The summed E-state index contributed by atoms with van der Waals surface area (Å²) < 4.78 is 44.5. The second-order valence-corrected chi connectivity index (χ2v) is 12.3. The number of benzene rings is 1. The van der Waals surface area contributed by atoms with Crippen LogP contribution in [0.5, 0.6) is 0 Å². The van der Waals surface area contributed by atoms with Gasteiger partial charge in [-0.15, -0.1) is 10.2 Å². The summed E-state index contributed by atoms with van der Waals surface area (Å²) in [4.78, 5) is 41.0. The molecule has 4 aromatic rings. The van der Waals surface area contributed by atoms with E-state index in [1.165, 1.54) is 6.33 Å². The molecule has 3 aromatic heterocycles. The van der Waals surface area contributed by atoms with Gasteiger partial charge in [0.15, 0.2) is 5.65 Å². The lowest BCUT2D eigenvalue weighted by atomic mass is 9.93. The van der Waals surface area contributed by atoms with E-state index in [-0.39, 0.29) is 30.9 Å². The Hall–Kier alpha value is -4.52. The van der Waals surface area contributed by atoms with Crippen molar-refractivity contribution in [1.82, 2.24) is 29.4 Å². The van der Waals surface area contributed by atoms with Crippen LogP contribution in [0.3, 0.4) is 0 Å². The monoisotopic (exact) mass is 640 g/mol. The zero-order chi connectivity index (χ0) is 33.9. The van der Waals surface area contributed by atoms with E-state index >= 15 is 0 Å². The van der Waals surface area contributed by atoms with Gasteiger partial charge in [0.25, 0.3) is 5.56 Å². The number of hydrogen-bond acceptors (Lipinski definition) is 6. The first-order valence-corrected chi connectivity index (χ1v) is 15.0. The predicted molar refractivity (Wildman–Crippen MR) is 167 cm³/mol. The molecule has 0 aliphatic carbocycles. The molecule has 246 valence electrons. The van der Waals surface area contributed by atoms with Gasteiger partial charge in [-0.3, -0.25) is 18.8 Å². The zero-order valence-corrected chi connectivity index (χ0v) is 26.7. The van der Waals surface area contributed by atoms with E-state index in [0.717, 1.165) is 27.5 Å². The van der Waals surface area contributed by atoms with Crippen LogP contribution in [0.4, 0.5) is 13.2 Å². The van der Waals surface area contributed by atoms with Crippen LogP contribution >= 0.6 is 0 Å². The van der Waals surface area contributed by atoms with Crippen LogP contribution in [0.1, 0.15) is 66.6 Å². The average Bonchev–Trinajstić information content (AvgIpc) is 3.43. The number of aryl methyl sites for hydroxylation is 2. The number of nitrogens with zero attached hydrogens (tertiary/aromatic N) is 5. The van der Waals surface area contributed by atoms with Gasteiger partial charge in [0, 0.05) is 30.6 Å². The first kappa shape index (κ1) is 34.4.